The fraction of sp³-hybridized carbons (Fsp3) is 0.300. The summed E-state index contributed by atoms with van der Waals surface area (Å²) >= 11 is 3.26. The number of nitrogens with zero attached hydrogens (tertiary/aromatic N) is 1. The van der Waals surface area contributed by atoms with E-state index in [0.29, 0.717) is 28.8 Å². The van der Waals surface area contributed by atoms with Crippen LogP contribution in [0.5, 0.6) is 0 Å². The summed E-state index contributed by atoms with van der Waals surface area (Å²) in [6, 6.07) is 12.7. The number of piperidine rings is 1. The lowest BCUT2D eigenvalue weighted by atomic mass is 10.2. The number of sulfonamides is 1. The summed E-state index contributed by atoms with van der Waals surface area (Å²) in [5.74, 6) is -1.13. The van der Waals surface area contributed by atoms with Crippen LogP contribution in [-0.2, 0) is 19.6 Å². The fourth-order valence-electron chi connectivity index (χ4n) is 3.00. The molecule has 29 heavy (non-hydrogen) atoms. The van der Waals surface area contributed by atoms with E-state index in [1.165, 1.54) is 28.6 Å². The average Bonchev–Trinajstić information content (AvgIpc) is 2.73. The maximum atomic E-state index is 12.6. The molecule has 0 atom stereocenters. The minimum atomic E-state index is -3.52. The van der Waals surface area contributed by atoms with Crippen molar-refractivity contribution in [1.29, 1.82) is 0 Å². The second kappa shape index (κ2) is 9.51. The first-order valence-corrected chi connectivity index (χ1v) is 11.4. The van der Waals surface area contributed by atoms with E-state index in [1.807, 2.05) is 0 Å². The first-order valence-electron chi connectivity index (χ1n) is 9.19. The number of esters is 1. The lowest BCUT2D eigenvalue weighted by molar-refractivity contribution is -0.119. The molecular weight excluding hydrogens is 460 g/mol. The highest BCUT2D eigenvalue weighted by Gasteiger charge is 2.25. The molecular formula is C20H21BrN2O5S. The maximum absolute atomic E-state index is 12.6. The molecule has 0 bridgehead atoms. The molecule has 1 N–H and O–H groups in total. The fourth-order valence-corrected chi connectivity index (χ4v) is 4.96. The van der Waals surface area contributed by atoms with E-state index in [0.717, 1.165) is 19.3 Å². The average molecular weight is 481 g/mol. The number of rotatable bonds is 6. The third kappa shape index (κ3) is 5.43. The molecule has 2 aromatic rings. The van der Waals surface area contributed by atoms with Crippen LogP contribution in [0, 0.1) is 0 Å². The molecule has 0 unspecified atom stereocenters. The predicted octanol–water partition coefficient (Wildman–Crippen LogP) is 3.42. The minimum absolute atomic E-state index is 0.192. The van der Waals surface area contributed by atoms with Crippen molar-refractivity contribution in [2.24, 2.45) is 0 Å². The number of carbonyl (C=O) groups excluding carboxylic acids is 2. The Morgan fingerprint density at radius 3 is 2.31 bits per heavy atom. The largest absolute Gasteiger partial charge is 0.452 e. The van der Waals surface area contributed by atoms with Crippen molar-refractivity contribution in [2.45, 2.75) is 24.2 Å². The van der Waals surface area contributed by atoms with Crippen molar-refractivity contribution in [1.82, 2.24) is 4.31 Å². The summed E-state index contributed by atoms with van der Waals surface area (Å²) in [4.78, 5) is 24.3. The molecule has 1 aliphatic heterocycles. The quantitative estimate of drug-likeness (QED) is 0.639. The van der Waals surface area contributed by atoms with Crippen molar-refractivity contribution in [3.05, 3.63) is 58.6 Å². The van der Waals surface area contributed by atoms with E-state index in [-0.39, 0.29) is 4.90 Å². The van der Waals surface area contributed by atoms with E-state index < -0.39 is 28.5 Å². The van der Waals surface area contributed by atoms with Gasteiger partial charge in [-0.3, -0.25) is 4.79 Å². The Bertz CT molecular complexity index is 986. The van der Waals surface area contributed by atoms with Gasteiger partial charge in [0.25, 0.3) is 5.91 Å². The van der Waals surface area contributed by atoms with Gasteiger partial charge in [-0.25, -0.2) is 13.2 Å². The maximum Gasteiger partial charge on any atom is 0.339 e. The van der Waals surface area contributed by atoms with Crippen LogP contribution in [0.1, 0.15) is 29.6 Å². The van der Waals surface area contributed by atoms with Gasteiger partial charge >= 0.3 is 5.97 Å². The van der Waals surface area contributed by atoms with Gasteiger partial charge in [0.05, 0.1) is 10.5 Å². The van der Waals surface area contributed by atoms with Crippen molar-refractivity contribution in [2.75, 3.05) is 25.0 Å². The van der Waals surface area contributed by atoms with Crippen LogP contribution in [0.3, 0.4) is 0 Å². The van der Waals surface area contributed by atoms with Crippen molar-refractivity contribution < 1.29 is 22.7 Å². The summed E-state index contributed by atoms with van der Waals surface area (Å²) in [6.45, 7) is 0.613. The molecule has 1 amide bonds. The van der Waals surface area contributed by atoms with Crippen LogP contribution in [-0.4, -0.2) is 44.3 Å². The normalized spacial score (nSPS) is 14.9. The van der Waals surface area contributed by atoms with Crippen LogP contribution in [0.25, 0.3) is 0 Å². The molecule has 0 radical (unpaired) electrons. The van der Waals surface area contributed by atoms with E-state index in [4.69, 9.17) is 4.74 Å². The molecule has 7 nitrogen and oxygen atoms in total. The summed E-state index contributed by atoms with van der Waals surface area (Å²) in [5.41, 5.74) is 0.747. The monoisotopic (exact) mass is 480 g/mol. The summed E-state index contributed by atoms with van der Waals surface area (Å²) in [5, 5.41) is 2.59. The zero-order valence-electron chi connectivity index (χ0n) is 15.6. The molecule has 1 saturated heterocycles. The molecule has 1 fully saturated rings. The van der Waals surface area contributed by atoms with Crippen molar-refractivity contribution in [3.8, 4) is 0 Å². The molecule has 0 aliphatic carbocycles. The predicted molar refractivity (Wildman–Crippen MR) is 112 cm³/mol. The van der Waals surface area contributed by atoms with E-state index in [9.17, 15) is 18.0 Å². The Kier molecular flexibility index (Phi) is 7.05. The molecule has 0 spiro atoms. The second-order valence-corrected chi connectivity index (χ2v) is 9.39. The Balaban J connectivity index is 1.56. The Morgan fingerprint density at radius 2 is 1.66 bits per heavy atom. The third-order valence-corrected chi connectivity index (χ3v) is 7.12. The lowest BCUT2D eigenvalue weighted by Gasteiger charge is -2.25. The Hall–Kier alpha value is -2.23. The van der Waals surface area contributed by atoms with Crippen LogP contribution < -0.4 is 5.32 Å². The highest BCUT2D eigenvalue weighted by molar-refractivity contribution is 9.10. The van der Waals surface area contributed by atoms with E-state index in [1.54, 1.807) is 24.3 Å². The number of anilines is 1. The topological polar surface area (TPSA) is 92.8 Å². The van der Waals surface area contributed by atoms with Gasteiger partial charge in [-0.1, -0.05) is 18.6 Å². The zero-order chi connectivity index (χ0) is 20.9. The first kappa shape index (κ1) is 21.5. The van der Waals surface area contributed by atoms with Gasteiger partial charge in [0.1, 0.15) is 0 Å². The number of amides is 1. The number of hydrogen-bond acceptors (Lipinski definition) is 5. The van der Waals surface area contributed by atoms with Crippen LogP contribution in [0.2, 0.25) is 0 Å². The number of carbonyl (C=O) groups is 2. The summed E-state index contributed by atoms with van der Waals surface area (Å²) in [7, 11) is -3.52. The van der Waals surface area contributed by atoms with Gasteiger partial charge in [-0.2, -0.15) is 4.31 Å². The molecule has 1 aliphatic rings. The standard InChI is InChI=1S/C20H21BrN2O5S/c21-18-7-3-2-6-17(18)20(25)28-14-19(24)22-15-8-10-16(11-9-15)29(26,27)23-12-4-1-5-13-23/h2-3,6-11H,1,4-5,12-14H2,(H,22,24). The molecule has 0 saturated carbocycles. The number of ether oxygens (including phenoxy) is 1. The second-order valence-electron chi connectivity index (χ2n) is 6.59. The van der Waals surface area contributed by atoms with Gasteiger partial charge in [-0.15, -0.1) is 0 Å². The Morgan fingerprint density at radius 1 is 1.00 bits per heavy atom. The van der Waals surface area contributed by atoms with Crippen LogP contribution in [0.15, 0.2) is 57.9 Å². The SMILES string of the molecule is O=C(COC(=O)c1ccccc1Br)Nc1ccc(S(=O)(=O)N2CCCCC2)cc1. The summed E-state index contributed by atoms with van der Waals surface area (Å²) in [6.07, 6.45) is 2.78. The number of benzene rings is 2. The third-order valence-electron chi connectivity index (χ3n) is 4.52. The number of nitrogens with one attached hydrogen (secondary N) is 1. The molecule has 2 aromatic carbocycles. The first-order chi connectivity index (χ1) is 13.9. The highest BCUT2D eigenvalue weighted by Crippen LogP contribution is 2.22. The van der Waals surface area contributed by atoms with Crippen molar-refractivity contribution in [3.63, 3.8) is 0 Å². The number of hydrogen-bond donors (Lipinski definition) is 1. The van der Waals surface area contributed by atoms with Crippen LogP contribution in [0.4, 0.5) is 5.69 Å². The van der Waals surface area contributed by atoms with Gasteiger partial charge < -0.3 is 10.1 Å². The molecule has 1 heterocycles. The molecule has 0 aromatic heterocycles. The van der Waals surface area contributed by atoms with E-state index >= 15 is 0 Å². The summed E-state index contributed by atoms with van der Waals surface area (Å²) < 4.78 is 32.4. The molecule has 9 heteroatoms. The highest BCUT2D eigenvalue weighted by atomic mass is 79.9. The lowest BCUT2D eigenvalue weighted by Crippen LogP contribution is -2.35. The minimum Gasteiger partial charge on any atom is -0.452 e. The van der Waals surface area contributed by atoms with E-state index in [2.05, 4.69) is 21.2 Å². The zero-order valence-corrected chi connectivity index (χ0v) is 18.0. The van der Waals surface area contributed by atoms with Crippen molar-refractivity contribution >= 4 is 43.5 Å². The van der Waals surface area contributed by atoms with Gasteiger partial charge in [-0.05, 0) is 65.2 Å². The smallest absolute Gasteiger partial charge is 0.339 e. The number of halogens is 1. The Labute approximate surface area is 178 Å². The molecule has 154 valence electrons. The van der Waals surface area contributed by atoms with Gasteiger partial charge in [0, 0.05) is 23.2 Å². The van der Waals surface area contributed by atoms with Crippen LogP contribution >= 0.6 is 15.9 Å². The molecule has 3 rings (SSSR count). The van der Waals surface area contributed by atoms with Gasteiger partial charge in [0.15, 0.2) is 6.61 Å². The van der Waals surface area contributed by atoms with Gasteiger partial charge in [0.2, 0.25) is 10.0 Å².